The zero-order valence-electron chi connectivity index (χ0n) is 13.2. The second-order valence-electron chi connectivity index (χ2n) is 6.11. The highest BCUT2D eigenvalue weighted by molar-refractivity contribution is 5.82. The average Bonchev–Trinajstić information content (AvgIpc) is 3.09. The van der Waals surface area contributed by atoms with Crippen molar-refractivity contribution in [2.24, 2.45) is 0 Å². The zero-order chi connectivity index (χ0) is 16.5. The van der Waals surface area contributed by atoms with Gasteiger partial charge in [-0.2, -0.15) is 0 Å². The van der Waals surface area contributed by atoms with Crippen molar-refractivity contribution in [3.8, 4) is 11.5 Å². The molecule has 1 aliphatic heterocycles. The van der Waals surface area contributed by atoms with Crippen molar-refractivity contribution in [3.05, 3.63) is 22.5 Å². The number of amides is 1. The number of hydrogen-bond donors (Lipinski definition) is 1. The van der Waals surface area contributed by atoms with Crippen LogP contribution in [0.4, 0.5) is 0 Å². The lowest BCUT2D eigenvalue weighted by atomic mass is 10.2. The van der Waals surface area contributed by atoms with Gasteiger partial charge in [-0.1, -0.05) is 18.1 Å². The van der Waals surface area contributed by atoms with Crippen LogP contribution < -0.4 is 20.3 Å². The van der Waals surface area contributed by atoms with Crippen molar-refractivity contribution in [3.63, 3.8) is 0 Å². The third-order valence-corrected chi connectivity index (χ3v) is 4.40. The minimum Gasteiger partial charge on any atom is -0.486 e. The Morgan fingerprint density at radius 3 is 2.67 bits per heavy atom. The zero-order valence-corrected chi connectivity index (χ0v) is 13.2. The molecule has 1 aromatic carbocycles. The van der Waals surface area contributed by atoms with E-state index in [4.69, 9.17) is 9.47 Å². The number of rotatable bonds is 3. The summed E-state index contributed by atoms with van der Waals surface area (Å²) in [7, 11) is 0. The third kappa shape index (κ3) is 2.79. The van der Waals surface area contributed by atoms with Gasteiger partial charge in [-0.25, -0.2) is 4.68 Å². The molecule has 1 N–H and O–H groups in total. The first-order valence-electron chi connectivity index (χ1n) is 8.17. The Bertz CT molecular complexity index is 842. The molecule has 1 amide bonds. The molecule has 1 aliphatic carbocycles. The Morgan fingerprint density at radius 2 is 1.92 bits per heavy atom. The largest absolute Gasteiger partial charge is 0.486 e. The predicted molar refractivity (Wildman–Crippen MR) is 85.2 cm³/mol. The van der Waals surface area contributed by atoms with Gasteiger partial charge in [0.2, 0.25) is 5.91 Å². The van der Waals surface area contributed by atoms with Gasteiger partial charge in [0.1, 0.15) is 25.3 Å². The summed E-state index contributed by atoms with van der Waals surface area (Å²) in [6.07, 6.45) is 4.25. The number of fused-ring (bicyclic) bond motifs is 2. The molecule has 1 aromatic heterocycles. The lowest BCUT2D eigenvalue weighted by Gasteiger charge is -2.18. The minimum atomic E-state index is -0.362. The van der Waals surface area contributed by atoms with Crippen LogP contribution in [0.2, 0.25) is 0 Å². The number of carbonyl (C=O) groups is 1. The molecule has 0 bridgehead atoms. The van der Waals surface area contributed by atoms with Crippen molar-refractivity contribution in [2.45, 2.75) is 38.3 Å². The van der Waals surface area contributed by atoms with Crippen LogP contribution in [0.3, 0.4) is 0 Å². The summed E-state index contributed by atoms with van der Waals surface area (Å²) in [5, 5.41) is 11.2. The molecule has 24 heavy (non-hydrogen) atoms. The first-order valence-corrected chi connectivity index (χ1v) is 8.17. The van der Waals surface area contributed by atoms with Gasteiger partial charge in [0.15, 0.2) is 11.5 Å². The molecule has 1 fully saturated rings. The Labute approximate surface area is 137 Å². The number of nitrogens with one attached hydrogen (secondary N) is 1. The topological polar surface area (TPSA) is 95.3 Å². The fourth-order valence-corrected chi connectivity index (χ4v) is 3.20. The molecule has 2 aromatic rings. The molecule has 4 rings (SSSR count). The first kappa shape index (κ1) is 14.9. The number of benzene rings is 1. The lowest BCUT2D eigenvalue weighted by molar-refractivity contribution is -0.122. The maximum absolute atomic E-state index is 12.6. The number of nitrogens with zero attached hydrogens (tertiary/aromatic N) is 3. The summed E-state index contributed by atoms with van der Waals surface area (Å²) < 4.78 is 12.1. The van der Waals surface area contributed by atoms with Crippen LogP contribution in [0, 0.1) is 0 Å². The van der Waals surface area contributed by atoms with Gasteiger partial charge in [0, 0.05) is 12.1 Å². The molecule has 1 saturated carbocycles. The maximum atomic E-state index is 12.6. The molecule has 8 heteroatoms. The van der Waals surface area contributed by atoms with Gasteiger partial charge in [0.05, 0.1) is 5.39 Å². The molecule has 0 saturated heterocycles. The van der Waals surface area contributed by atoms with Gasteiger partial charge in [-0.15, -0.1) is 5.10 Å². The van der Waals surface area contributed by atoms with Gasteiger partial charge >= 0.3 is 0 Å². The van der Waals surface area contributed by atoms with E-state index >= 15 is 0 Å². The summed E-state index contributed by atoms with van der Waals surface area (Å²) in [5.41, 5.74) is 0.0650. The Kier molecular flexibility index (Phi) is 3.79. The van der Waals surface area contributed by atoms with E-state index in [1.165, 1.54) is 0 Å². The molecule has 0 spiro atoms. The van der Waals surface area contributed by atoms with E-state index in [0.717, 1.165) is 30.4 Å². The quantitative estimate of drug-likeness (QED) is 0.886. The number of aromatic nitrogens is 3. The Hall–Kier alpha value is -2.64. The van der Waals surface area contributed by atoms with E-state index < -0.39 is 0 Å². The minimum absolute atomic E-state index is 0.132. The fraction of sp³-hybridized carbons (Fsp3) is 0.500. The second kappa shape index (κ2) is 6.10. The van der Waals surface area contributed by atoms with E-state index in [-0.39, 0.29) is 24.1 Å². The highest BCUT2D eigenvalue weighted by Crippen LogP contribution is 2.32. The highest BCUT2D eigenvalue weighted by atomic mass is 16.6. The smallest absolute Gasteiger partial charge is 0.278 e. The number of carbonyl (C=O) groups excluding carboxylic acids is 1. The lowest BCUT2D eigenvalue weighted by Crippen LogP contribution is -2.38. The molecule has 0 atom stereocenters. The normalized spacial score (nSPS) is 17.2. The van der Waals surface area contributed by atoms with Gasteiger partial charge < -0.3 is 14.8 Å². The van der Waals surface area contributed by atoms with E-state index in [1.807, 2.05) is 0 Å². The predicted octanol–water partition coefficient (Wildman–Crippen LogP) is 0.621. The summed E-state index contributed by atoms with van der Waals surface area (Å²) in [6, 6.07) is 3.45. The van der Waals surface area contributed by atoms with Crippen LogP contribution in [0.1, 0.15) is 25.7 Å². The van der Waals surface area contributed by atoms with Crippen molar-refractivity contribution in [1.82, 2.24) is 20.3 Å². The Balaban J connectivity index is 1.60. The van der Waals surface area contributed by atoms with Gasteiger partial charge in [-0.05, 0) is 18.9 Å². The molecule has 0 radical (unpaired) electrons. The van der Waals surface area contributed by atoms with Crippen molar-refractivity contribution in [2.75, 3.05) is 13.2 Å². The summed E-state index contributed by atoms with van der Waals surface area (Å²) in [4.78, 5) is 24.7. The van der Waals surface area contributed by atoms with E-state index in [2.05, 4.69) is 15.6 Å². The van der Waals surface area contributed by atoms with Crippen molar-refractivity contribution in [1.29, 1.82) is 0 Å². The third-order valence-electron chi connectivity index (χ3n) is 4.40. The maximum Gasteiger partial charge on any atom is 0.278 e. The van der Waals surface area contributed by atoms with Gasteiger partial charge in [0.25, 0.3) is 5.56 Å². The van der Waals surface area contributed by atoms with Crippen molar-refractivity contribution < 1.29 is 14.3 Å². The van der Waals surface area contributed by atoms with E-state index in [1.54, 1.807) is 12.1 Å². The molecule has 8 nitrogen and oxygen atoms in total. The average molecular weight is 330 g/mol. The highest BCUT2D eigenvalue weighted by Gasteiger charge is 2.19. The monoisotopic (exact) mass is 330 g/mol. The van der Waals surface area contributed by atoms with Crippen LogP contribution in [-0.2, 0) is 11.3 Å². The number of hydrogen-bond acceptors (Lipinski definition) is 6. The first-order chi connectivity index (χ1) is 11.7. The molecule has 2 aliphatic rings. The van der Waals surface area contributed by atoms with Crippen LogP contribution in [0.15, 0.2) is 16.9 Å². The fourth-order valence-electron chi connectivity index (χ4n) is 3.20. The summed E-state index contributed by atoms with van der Waals surface area (Å²) in [6.45, 7) is 0.770. The standard InChI is InChI=1S/C16H18N4O4/c21-15(17-10-3-1-2-4-10)9-20-16(22)11-7-13-14(24-6-5-23-13)8-12(11)18-19-20/h7-8,10H,1-6,9H2,(H,17,21). The van der Waals surface area contributed by atoms with Crippen LogP contribution in [0.5, 0.6) is 11.5 Å². The SMILES string of the molecule is O=C(Cn1nnc2cc3c(cc2c1=O)OCCO3)NC1CCCC1. The van der Waals surface area contributed by atoms with E-state index in [9.17, 15) is 9.59 Å². The molecule has 0 unspecified atom stereocenters. The number of ether oxygens (including phenoxy) is 2. The molecular formula is C16H18N4O4. The van der Waals surface area contributed by atoms with Crippen LogP contribution in [-0.4, -0.2) is 40.2 Å². The molecule has 2 heterocycles. The van der Waals surface area contributed by atoms with Crippen molar-refractivity contribution >= 4 is 16.8 Å². The molecule has 126 valence electrons. The molecular weight excluding hydrogens is 312 g/mol. The Morgan fingerprint density at radius 1 is 1.21 bits per heavy atom. The van der Waals surface area contributed by atoms with E-state index in [0.29, 0.717) is 35.6 Å². The summed E-state index contributed by atoms with van der Waals surface area (Å²) in [5.74, 6) is 0.857. The van der Waals surface area contributed by atoms with Crippen LogP contribution in [0.25, 0.3) is 10.9 Å². The van der Waals surface area contributed by atoms with Gasteiger partial charge in [-0.3, -0.25) is 9.59 Å². The second-order valence-corrected chi connectivity index (χ2v) is 6.11. The van der Waals surface area contributed by atoms with Crippen LogP contribution >= 0.6 is 0 Å². The summed E-state index contributed by atoms with van der Waals surface area (Å²) >= 11 is 0.